The van der Waals surface area contributed by atoms with Gasteiger partial charge in [0.15, 0.2) is 0 Å². The molecule has 2 aromatic carbocycles. The Morgan fingerprint density at radius 2 is 2.04 bits per heavy atom. The molecule has 0 atom stereocenters. The zero-order valence-corrected chi connectivity index (χ0v) is 15.5. The lowest BCUT2D eigenvalue weighted by molar-refractivity contribution is 0.474. The molecule has 122 valence electrons. The second-order valence-corrected chi connectivity index (χ2v) is 7.12. The first-order chi connectivity index (χ1) is 11.6. The maximum Gasteiger partial charge on any atom is 0.212 e. The van der Waals surface area contributed by atoms with E-state index in [2.05, 4.69) is 31.2 Å². The molecule has 8 heteroatoms. The van der Waals surface area contributed by atoms with E-state index in [0.717, 1.165) is 15.8 Å². The largest absolute Gasteiger partial charge is 0.507 e. The molecule has 0 aliphatic rings. The second-order valence-electron chi connectivity index (χ2n) is 4.82. The summed E-state index contributed by atoms with van der Waals surface area (Å²) in [4.78, 5) is 0. The van der Waals surface area contributed by atoms with E-state index in [9.17, 15) is 5.11 Å². The van der Waals surface area contributed by atoms with Crippen LogP contribution in [-0.2, 0) is 5.75 Å². The van der Waals surface area contributed by atoms with Crippen LogP contribution in [0, 0.1) is 0 Å². The number of nitrogens with zero attached hydrogens (tertiary/aromatic N) is 4. The molecule has 0 spiro atoms. The maximum atomic E-state index is 9.84. The van der Waals surface area contributed by atoms with Gasteiger partial charge in [0, 0.05) is 20.8 Å². The van der Waals surface area contributed by atoms with E-state index in [1.54, 1.807) is 29.1 Å². The highest BCUT2D eigenvalue weighted by atomic mass is 79.9. The van der Waals surface area contributed by atoms with Crippen molar-refractivity contribution in [3.05, 3.63) is 69.4 Å². The molecule has 0 saturated heterocycles. The summed E-state index contributed by atoms with van der Waals surface area (Å²) in [7, 11) is 0. The number of thioether (sulfide) groups is 1. The van der Waals surface area contributed by atoms with E-state index in [-0.39, 0.29) is 5.75 Å². The van der Waals surface area contributed by atoms with Crippen molar-refractivity contribution in [1.82, 2.24) is 14.9 Å². The van der Waals surface area contributed by atoms with Gasteiger partial charge in [-0.2, -0.15) is 9.78 Å². The van der Waals surface area contributed by atoms with E-state index < -0.39 is 0 Å². The van der Waals surface area contributed by atoms with Gasteiger partial charge in [-0.15, -0.1) is 10.2 Å². The van der Waals surface area contributed by atoms with Gasteiger partial charge in [-0.1, -0.05) is 51.4 Å². The van der Waals surface area contributed by atoms with Crippen molar-refractivity contribution >= 4 is 45.5 Å². The van der Waals surface area contributed by atoms with Crippen LogP contribution < -0.4 is 0 Å². The summed E-state index contributed by atoms with van der Waals surface area (Å²) in [5.41, 5.74) is 1.74. The highest BCUT2D eigenvalue weighted by Gasteiger charge is 2.05. The molecule has 3 aromatic rings. The average molecular weight is 424 g/mol. The molecule has 0 aliphatic heterocycles. The predicted octanol–water partition coefficient (Wildman–Crippen LogP) is 4.57. The van der Waals surface area contributed by atoms with Crippen LogP contribution in [0.25, 0.3) is 0 Å². The molecule has 5 nitrogen and oxygen atoms in total. The Morgan fingerprint density at radius 3 is 2.83 bits per heavy atom. The number of phenols is 1. The van der Waals surface area contributed by atoms with Gasteiger partial charge in [0.2, 0.25) is 5.16 Å². The summed E-state index contributed by atoms with van der Waals surface area (Å²) in [6.07, 6.45) is 3.09. The summed E-state index contributed by atoms with van der Waals surface area (Å²) in [6, 6.07) is 12.8. The zero-order valence-electron chi connectivity index (χ0n) is 12.3. The van der Waals surface area contributed by atoms with Crippen LogP contribution in [0.3, 0.4) is 0 Å². The third-order valence-corrected chi connectivity index (χ3v) is 4.84. The Hall–Kier alpha value is -1.83. The fourth-order valence-corrected chi connectivity index (χ4v) is 3.20. The maximum absolute atomic E-state index is 9.84. The topological polar surface area (TPSA) is 63.3 Å². The Labute approximate surface area is 156 Å². The van der Waals surface area contributed by atoms with E-state index in [1.165, 1.54) is 18.1 Å². The van der Waals surface area contributed by atoms with Gasteiger partial charge < -0.3 is 5.11 Å². The predicted molar refractivity (Wildman–Crippen MR) is 99.8 cm³/mol. The summed E-state index contributed by atoms with van der Waals surface area (Å²) in [5.74, 6) is 0.887. The van der Waals surface area contributed by atoms with Gasteiger partial charge in [-0.25, -0.2) is 0 Å². The van der Waals surface area contributed by atoms with E-state index in [0.29, 0.717) is 15.7 Å². The second kappa shape index (κ2) is 7.83. The number of halogens is 2. The molecular weight excluding hydrogens is 412 g/mol. The lowest BCUT2D eigenvalue weighted by atomic mass is 10.2. The minimum absolute atomic E-state index is 0.158. The summed E-state index contributed by atoms with van der Waals surface area (Å²) >= 11 is 10.8. The quantitative estimate of drug-likeness (QED) is 0.482. The number of hydrogen-bond donors (Lipinski definition) is 1. The Bertz CT molecular complexity index is 867. The standard InChI is InChI=1S/C16H12BrClN4OS/c17-13-3-6-15(23)12(7-13)8-20-22-10-19-21-16(22)24-9-11-1-4-14(18)5-2-11/h1-8,10,23H,9H2/b20-8+. The van der Waals surface area contributed by atoms with Crippen LogP contribution in [0.2, 0.25) is 5.02 Å². The van der Waals surface area contributed by atoms with Crippen molar-refractivity contribution in [3.63, 3.8) is 0 Å². The van der Waals surface area contributed by atoms with Crippen molar-refractivity contribution in [1.29, 1.82) is 0 Å². The highest BCUT2D eigenvalue weighted by molar-refractivity contribution is 9.10. The molecule has 1 N–H and O–H groups in total. The van der Waals surface area contributed by atoms with E-state index in [1.807, 2.05) is 24.3 Å². The van der Waals surface area contributed by atoms with Crippen LogP contribution >= 0.6 is 39.3 Å². The van der Waals surface area contributed by atoms with E-state index in [4.69, 9.17) is 11.6 Å². The Morgan fingerprint density at radius 1 is 1.25 bits per heavy atom. The molecule has 1 heterocycles. The molecule has 3 rings (SSSR count). The number of aromatic nitrogens is 3. The van der Waals surface area contributed by atoms with Crippen LogP contribution in [0.1, 0.15) is 11.1 Å². The minimum Gasteiger partial charge on any atom is -0.507 e. The molecule has 0 aliphatic carbocycles. The molecule has 0 bridgehead atoms. The van der Waals surface area contributed by atoms with Crippen LogP contribution in [-0.4, -0.2) is 26.2 Å². The highest BCUT2D eigenvalue weighted by Crippen LogP contribution is 2.23. The average Bonchev–Trinajstić information content (AvgIpc) is 3.02. The number of aromatic hydroxyl groups is 1. The number of hydrogen-bond acceptors (Lipinski definition) is 5. The molecule has 0 unspecified atom stereocenters. The molecule has 0 radical (unpaired) electrons. The molecule has 0 amide bonds. The third kappa shape index (κ3) is 4.37. The van der Waals surface area contributed by atoms with Crippen LogP contribution in [0.4, 0.5) is 0 Å². The van der Waals surface area contributed by atoms with Crippen molar-refractivity contribution < 1.29 is 5.11 Å². The normalized spacial score (nSPS) is 11.2. The van der Waals surface area contributed by atoms with Crippen molar-refractivity contribution in [2.45, 2.75) is 10.9 Å². The number of phenolic OH excluding ortho intramolecular Hbond substituents is 1. The molecule has 0 fully saturated rings. The Balaban J connectivity index is 1.72. The Kier molecular flexibility index (Phi) is 5.55. The van der Waals surface area contributed by atoms with E-state index >= 15 is 0 Å². The SMILES string of the molecule is Oc1ccc(Br)cc1/C=N/n1cnnc1SCc1ccc(Cl)cc1. The monoisotopic (exact) mass is 422 g/mol. The molecular formula is C16H12BrClN4OS. The molecule has 24 heavy (non-hydrogen) atoms. The van der Waals surface area contributed by atoms with Crippen LogP contribution in [0.5, 0.6) is 5.75 Å². The molecule has 1 aromatic heterocycles. The van der Waals surface area contributed by atoms with Crippen molar-refractivity contribution in [2.75, 3.05) is 0 Å². The first-order valence-electron chi connectivity index (χ1n) is 6.92. The van der Waals surface area contributed by atoms with Gasteiger partial charge in [0.1, 0.15) is 12.1 Å². The fraction of sp³-hybridized carbons (Fsp3) is 0.0625. The van der Waals surface area contributed by atoms with Crippen LogP contribution in [0.15, 0.2) is 63.5 Å². The van der Waals surface area contributed by atoms with Gasteiger partial charge in [-0.3, -0.25) is 0 Å². The smallest absolute Gasteiger partial charge is 0.212 e. The van der Waals surface area contributed by atoms with Gasteiger partial charge >= 0.3 is 0 Å². The summed E-state index contributed by atoms with van der Waals surface area (Å²) < 4.78 is 2.43. The number of rotatable bonds is 5. The van der Waals surface area contributed by atoms with Crippen molar-refractivity contribution in [3.8, 4) is 5.75 Å². The zero-order chi connectivity index (χ0) is 16.9. The molecule has 0 saturated carbocycles. The first-order valence-corrected chi connectivity index (χ1v) is 9.07. The summed E-state index contributed by atoms with van der Waals surface area (Å²) in [5, 5.41) is 23.5. The minimum atomic E-state index is 0.158. The number of benzene rings is 2. The van der Waals surface area contributed by atoms with Crippen molar-refractivity contribution in [2.24, 2.45) is 5.10 Å². The lowest BCUT2D eigenvalue weighted by Crippen LogP contribution is -1.93. The van der Waals surface area contributed by atoms with Gasteiger partial charge in [0.25, 0.3) is 0 Å². The lowest BCUT2D eigenvalue weighted by Gasteiger charge is -2.02. The summed E-state index contributed by atoms with van der Waals surface area (Å²) in [6.45, 7) is 0. The van der Waals surface area contributed by atoms with Gasteiger partial charge in [-0.05, 0) is 35.9 Å². The van der Waals surface area contributed by atoms with Gasteiger partial charge in [0.05, 0.1) is 6.21 Å². The first kappa shape index (κ1) is 17.0. The third-order valence-electron chi connectivity index (χ3n) is 3.09. The fourth-order valence-electron chi connectivity index (χ4n) is 1.88.